The lowest BCUT2D eigenvalue weighted by atomic mass is 9.91. The smallest absolute Gasteiger partial charge is 0.165 e. The van der Waals surface area contributed by atoms with Crippen LogP contribution in [0.2, 0.25) is 0 Å². The maximum Gasteiger partial charge on any atom is 0.165 e. The van der Waals surface area contributed by atoms with Crippen LogP contribution in [0, 0.1) is 6.92 Å². The molecule has 0 aliphatic carbocycles. The van der Waals surface area contributed by atoms with Crippen LogP contribution in [-0.4, -0.2) is 32.7 Å². The summed E-state index contributed by atoms with van der Waals surface area (Å²) in [5, 5.41) is 0. The molecule has 1 unspecified atom stereocenters. The van der Waals surface area contributed by atoms with E-state index in [0.29, 0.717) is 0 Å². The number of fused-ring (bicyclic) bond motifs is 1. The van der Waals surface area contributed by atoms with Crippen molar-refractivity contribution >= 4 is 0 Å². The van der Waals surface area contributed by atoms with Crippen molar-refractivity contribution in [3.8, 4) is 11.5 Å². The van der Waals surface area contributed by atoms with E-state index in [1.54, 1.807) is 14.2 Å². The van der Waals surface area contributed by atoms with E-state index in [4.69, 9.17) is 15.2 Å². The van der Waals surface area contributed by atoms with Crippen molar-refractivity contribution in [2.24, 2.45) is 5.73 Å². The van der Waals surface area contributed by atoms with Gasteiger partial charge in [0.05, 0.1) is 14.2 Å². The molecule has 4 nitrogen and oxygen atoms in total. The summed E-state index contributed by atoms with van der Waals surface area (Å²) in [6.45, 7) is 3.81. The van der Waals surface area contributed by atoms with Gasteiger partial charge in [-0.15, -0.1) is 0 Å². The fourth-order valence-electron chi connectivity index (χ4n) is 2.66. The summed E-state index contributed by atoms with van der Waals surface area (Å²) in [5.41, 5.74) is 9.76. The lowest BCUT2D eigenvalue weighted by Crippen LogP contribution is -2.35. The van der Waals surface area contributed by atoms with Crippen LogP contribution >= 0.6 is 0 Å². The molecule has 2 N–H and O–H groups in total. The fourth-order valence-corrected chi connectivity index (χ4v) is 2.66. The number of hydrogen-bond donors (Lipinski definition) is 1. The zero-order valence-corrected chi connectivity index (χ0v) is 10.9. The van der Waals surface area contributed by atoms with Gasteiger partial charge in [0.2, 0.25) is 0 Å². The number of nitrogens with zero attached hydrogens (tertiary/aromatic N) is 1. The van der Waals surface area contributed by atoms with Crippen LogP contribution in [0.5, 0.6) is 11.5 Å². The molecule has 1 aromatic carbocycles. The molecule has 0 aromatic heterocycles. The largest absolute Gasteiger partial charge is 0.493 e. The summed E-state index contributed by atoms with van der Waals surface area (Å²) in [5.74, 6) is 1.60. The molecule has 17 heavy (non-hydrogen) atoms. The maximum absolute atomic E-state index is 6.21. The second-order valence-corrected chi connectivity index (χ2v) is 4.62. The molecular formula is C13H20N2O2. The molecule has 1 atom stereocenters. The summed E-state index contributed by atoms with van der Waals surface area (Å²) in [4.78, 5) is 2.20. The molecule has 1 aliphatic heterocycles. The second-order valence-electron chi connectivity index (χ2n) is 4.62. The number of likely N-dealkylation sites (N-methyl/N-ethyl adjacent to an activating group) is 1. The SMILES string of the molecule is COc1cc(C)c2c(c1OC)CN(C)CC2N. The topological polar surface area (TPSA) is 47.7 Å². The standard InChI is InChI=1S/C13H20N2O2/c1-8-5-11(16-3)13(17-4)9-6-15(2)7-10(14)12(8)9/h5,10H,6-7,14H2,1-4H3. The minimum atomic E-state index is 0.0450. The molecule has 94 valence electrons. The molecule has 4 heteroatoms. The van der Waals surface area contributed by atoms with Gasteiger partial charge in [-0.3, -0.25) is 0 Å². The zero-order valence-electron chi connectivity index (χ0n) is 10.9. The molecule has 0 saturated heterocycles. The Bertz CT molecular complexity index is 432. The van der Waals surface area contributed by atoms with E-state index in [1.165, 1.54) is 11.1 Å². The Labute approximate surface area is 102 Å². The molecule has 0 amide bonds. The average molecular weight is 236 g/mol. The third-order valence-electron chi connectivity index (χ3n) is 3.33. The summed E-state index contributed by atoms with van der Waals surface area (Å²) in [6, 6.07) is 2.05. The predicted octanol–water partition coefficient (Wildman–Crippen LogP) is 1.46. The Morgan fingerprint density at radius 2 is 2.06 bits per heavy atom. The summed E-state index contributed by atoms with van der Waals surface area (Å²) in [6.07, 6.45) is 0. The van der Waals surface area contributed by atoms with E-state index < -0.39 is 0 Å². The van der Waals surface area contributed by atoms with Gasteiger partial charge in [0.25, 0.3) is 0 Å². The van der Waals surface area contributed by atoms with Crippen LogP contribution in [0.15, 0.2) is 6.07 Å². The quantitative estimate of drug-likeness (QED) is 0.844. The first kappa shape index (κ1) is 12.2. The van der Waals surface area contributed by atoms with Crippen molar-refractivity contribution < 1.29 is 9.47 Å². The first-order valence-electron chi connectivity index (χ1n) is 5.77. The average Bonchev–Trinajstić information content (AvgIpc) is 2.27. The molecular weight excluding hydrogens is 216 g/mol. The Morgan fingerprint density at radius 1 is 1.35 bits per heavy atom. The van der Waals surface area contributed by atoms with E-state index in [9.17, 15) is 0 Å². The predicted molar refractivity (Wildman–Crippen MR) is 67.5 cm³/mol. The normalized spacial score (nSPS) is 19.9. The van der Waals surface area contributed by atoms with Crippen LogP contribution in [0.25, 0.3) is 0 Å². The van der Waals surface area contributed by atoms with E-state index in [-0.39, 0.29) is 6.04 Å². The molecule has 1 aromatic rings. The van der Waals surface area contributed by atoms with Gasteiger partial charge in [0.15, 0.2) is 11.5 Å². The second kappa shape index (κ2) is 4.55. The number of benzene rings is 1. The molecule has 0 saturated carbocycles. The van der Waals surface area contributed by atoms with E-state index in [2.05, 4.69) is 18.9 Å². The number of ether oxygens (including phenoxy) is 2. The number of hydrogen-bond acceptors (Lipinski definition) is 4. The Balaban J connectivity index is 2.64. The molecule has 1 aliphatic rings. The molecule has 0 radical (unpaired) electrons. The van der Waals surface area contributed by atoms with Gasteiger partial charge in [0.1, 0.15) is 0 Å². The van der Waals surface area contributed by atoms with Gasteiger partial charge < -0.3 is 20.1 Å². The van der Waals surface area contributed by atoms with E-state index in [0.717, 1.165) is 30.2 Å². The van der Waals surface area contributed by atoms with Gasteiger partial charge in [-0.2, -0.15) is 0 Å². The van der Waals surface area contributed by atoms with Crippen molar-refractivity contribution in [3.63, 3.8) is 0 Å². The third kappa shape index (κ3) is 1.98. The summed E-state index contributed by atoms with van der Waals surface area (Å²) < 4.78 is 10.8. The van der Waals surface area contributed by atoms with Gasteiger partial charge in [0, 0.05) is 24.7 Å². The minimum absolute atomic E-state index is 0.0450. The lowest BCUT2D eigenvalue weighted by molar-refractivity contribution is 0.270. The van der Waals surface area contributed by atoms with Gasteiger partial charge >= 0.3 is 0 Å². The number of nitrogens with two attached hydrogens (primary N) is 1. The monoisotopic (exact) mass is 236 g/mol. The number of aryl methyl sites for hydroxylation is 1. The van der Waals surface area contributed by atoms with Crippen molar-refractivity contribution in [2.45, 2.75) is 19.5 Å². The van der Waals surface area contributed by atoms with Gasteiger partial charge in [-0.1, -0.05) is 0 Å². The molecule has 0 fully saturated rings. The Kier molecular flexibility index (Phi) is 3.26. The highest BCUT2D eigenvalue weighted by atomic mass is 16.5. The Hall–Kier alpha value is -1.26. The number of methoxy groups -OCH3 is 2. The maximum atomic E-state index is 6.21. The first-order valence-corrected chi connectivity index (χ1v) is 5.77. The molecule has 0 spiro atoms. The van der Waals surface area contributed by atoms with Crippen LogP contribution in [-0.2, 0) is 6.54 Å². The Morgan fingerprint density at radius 3 is 2.65 bits per heavy atom. The van der Waals surface area contributed by atoms with Crippen LogP contribution in [0.3, 0.4) is 0 Å². The summed E-state index contributed by atoms with van der Waals surface area (Å²) in [7, 11) is 5.40. The van der Waals surface area contributed by atoms with Crippen molar-refractivity contribution in [3.05, 3.63) is 22.8 Å². The van der Waals surface area contributed by atoms with Gasteiger partial charge in [-0.25, -0.2) is 0 Å². The van der Waals surface area contributed by atoms with Gasteiger partial charge in [-0.05, 0) is 31.2 Å². The van der Waals surface area contributed by atoms with Crippen molar-refractivity contribution in [1.29, 1.82) is 0 Å². The number of rotatable bonds is 2. The van der Waals surface area contributed by atoms with E-state index >= 15 is 0 Å². The highest BCUT2D eigenvalue weighted by molar-refractivity contribution is 5.56. The molecule has 2 rings (SSSR count). The van der Waals surface area contributed by atoms with Crippen LogP contribution < -0.4 is 15.2 Å². The molecule has 1 heterocycles. The fraction of sp³-hybridized carbons (Fsp3) is 0.538. The summed E-state index contributed by atoms with van der Waals surface area (Å²) >= 11 is 0. The zero-order chi connectivity index (χ0) is 12.6. The molecule has 0 bridgehead atoms. The third-order valence-corrected chi connectivity index (χ3v) is 3.33. The van der Waals surface area contributed by atoms with Crippen molar-refractivity contribution in [2.75, 3.05) is 27.8 Å². The van der Waals surface area contributed by atoms with E-state index in [1.807, 2.05) is 6.07 Å². The van der Waals surface area contributed by atoms with Crippen LogP contribution in [0.1, 0.15) is 22.7 Å². The highest BCUT2D eigenvalue weighted by Gasteiger charge is 2.27. The van der Waals surface area contributed by atoms with Crippen molar-refractivity contribution in [1.82, 2.24) is 4.90 Å². The highest BCUT2D eigenvalue weighted by Crippen LogP contribution is 2.40. The lowest BCUT2D eigenvalue weighted by Gasteiger charge is -2.33. The van der Waals surface area contributed by atoms with Crippen LogP contribution in [0.4, 0.5) is 0 Å². The first-order chi connectivity index (χ1) is 8.08. The minimum Gasteiger partial charge on any atom is -0.493 e.